The maximum Gasteiger partial charge on any atom is 0.411 e. The minimum atomic E-state index is -0.476. The summed E-state index contributed by atoms with van der Waals surface area (Å²) in [7, 11) is 0. The van der Waals surface area contributed by atoms with Crippen LogP contribution in [0.2, 0.25) is 0 Å². The third-order valence-electron chi connectivity index (χ3n) is 3.23. The molecule has 19 heavy (non-hydrogen) atoms. The molecule has 1 saturated carbocycles. The molecule has 1 fully saturated rings. The van der Waals surface area contributed by atoms with Crippen molar-refractivity contribution in [3.05, 3.63) is 29.8 Å². The molecule has 1 aromatic carbocycles. The first-order chi connectivity index (χ1) is 9.17. The number of rotatable bonds is 2. The minimum absolute atomic E-state index is 0.0565. The van der Waals surface area contributed by atoms with E-state index >= 15 is 0 Å². The molecule has 5 nitrogen and oxygen atoms in total. The molecule has 1 aliphatic carbocycles. The highest BCUT2D eigenvalue weighted by molar-refractivity contribution is 5.84. The Bertz CT molecular complexity index is 488. The van der Waals surface area contributed by atoms with E-state index in [1.54, 1.807) is 24.3 Å². The maximum absolute atomic E-state index is 11.7. The lowest BCUT2D eigenvalue weighted by atomic mass is 9.94. The average Bonchev–Trinajstić information content (AvgIpc) is 2.41. The summed E-state index contributed by atoms with van der Waals surface area (Å²) in [6.45, 7) is 0. The van der Waals surface area contributed by atoms with E-state index in [0.717, 1.165) is 25.7 Å². The highest BCUT2D eigenvalue weighted by Crippen LogP contribution is 2.20. The summed E-state index contributed by atoms with van der Waals surface area (Å²) in [6, 6.07) is 8.98. The van der Waals surface area contributed by atoms with Gasteiger partial charge < -0.3 is 10.5 Å². The lowest BCUT2D eigenvalue weighted by molar-refractivity contribution is 0.0826. The Labute approximate surface area is 112 Å². The number of carbonyl (C=O) groups is 1. The summed E-state index contributed by atoms with van der Waals surface area (Å²) in [5.41, 5.74) is 6.86. The van der Waals surface area contributed by atoms with E-state index in [1.165, 1.54) is 0 Å². The topological polar surface area (TPSA) is 88.1 Å². The van der Waals surface area contributed by atoms with Crippen molar-refractivity contribution in [1.82, 2.24) is 0 Å². The molecule has 2 rings (SSSR count). The number of anilines is 1. The van der Waals surface area contributed by atoms with Gasteiger partial charge in [-0.2, -0.15) is 5.26 Å². The molecule has 0 radical (unpaired) electrons. The Morgan fingerprint density at radius 1 is 1.37 bits per heavy atom. The quantitative estimate of drug-likeness (QED) is 0.853. The molecule has 0 saturated heterocycles. The zero-order valence-corrected chi connectivity index (χ0v) is 10.6. The van der Waals surface area contributed by atoms with Gasteiger partial charge in [0.2, 0.25) is 0 Å². The third kappa shape index (κ3) is 3.97. The molecular weight excluding hydrogens is 242 g/mol. The number of nitrogens with zero attached hydrogens (tertiary/aromatic N) is 1. The molecule has 0 unspecified atom stereocenters. The van der Waals surface area contributed by atoms with Gasteiger partial charge in [-0.1, -0.05) is 6.07 Å². The van der Waals surface area contributed by atoms with E-state index in [2.05, 4.69) is 5.32 Å². The van der Waals surface area contributed by atoms with Gasteiger partial charge in [-0.15, -0.1) is 0 Å². The second-order valence-corrected chi connectivity index (χ2v) is 4.76. The number of carbonyl (C=O) groups excluding carboxylic acids is 1. The SMILES string of the molecule is N#Cc1cccc(NC(=O)OC2CCC(N)CC2)c1. The Morgan fingerprint density at radius 2 is 2.11 bits per heavy atom. The summed E-state index contributed by atoms with van der Waals surface area (Å²) in [5.74, 6) is 0. The fourth-order valence-corrected chi connectivity index (χ4v) is 2.17. The monoisotopic (exact) mass is 259 g/mol. The predicted octanol–water partition coefficient (Wildman–Crippen LogP) is 2.38. The molecule has 0 spiro atoms. The zero-order valence-electron chi connectivity index (χ0n) is 10.6. The minimum Gasteiger partial charge on any atom is -0.446 e. The molecule has 0 heterocycles. The van der Waals surface area contributed by atoms with Crippen LogP contribution in [0, 0.1) is 11.3 Å². The summed E-state index contributed by atoms with van der Waals surface area (Å²) in [6.07, 6.45) is 2.87. The predicted molar refractivity (Wildman–Crippen MR) is 71.5 cm³/mol. The highest BCUT2D eigenvalue weighted by Gasteiger charge is 2.21. The number of nitrogens with one attached hydrogen (secondary N) is 1. The number of hydrogen-bond acceptors (Lipinski definition) is 4. The number of nitrogens with two attached hydrogens (primary N) is 1. The molecule has 1 aromatic rings. The Balaban J connectivity index is 1.85. The van der Waals surface area contributed by atoms with Crippen molar-refractivity contribution >= 4 is 11.8 Å². The number of hydrogen-bond donors (Lipinski definition) is 2. The van der Waals surface area contributed by atoms with Gasteiger partial charge in [0.25, 0.3) is 0 Å². The van der Waals surface area contributed by atoms with Gasteiger partial charge in [-0.05, 0) is 43.9 Å². The standard InChI is InChI=1S/C14H17N3O2/c15-9-10-2-1-3-12(8-10)17-14(18)19-13-6-4-11(16)5-7-13/h1-3,8,11,13H,4-7,16H2,(H,17,18). The molecule has 1 aliphatic rings. The van der Waals surface area contributed by atoms with E-state index in [0.29, 0.717) is 11.3 Å². The lowest BCUT2D eigenvalue weighted by Gasteiger charge is -2.25. The van der Waals surface area contributed by atoms with E-state index in [1.807, 2.05) is 6.07 Å². The van der Waals surface area contributed by atoms with Crippen LogP contribution in [0.3, 0.4) is 0 Å². The number of amides is 1. The largest absolute Gasteiger partial charge is 0.446 e. The summed E-state index contributed by atoms with van der Waals surface area (Å²) in [5, 5.41) is 11.4. The molecule has 0 bridgehead atoms. The van der Waals surface area contributed by atoms with E-state index in [4.69, 9.17) is 15.7 Å². The van der Waals surface area contributed by atoms with Gasteiger partial charge >= 0.3 is 6.09 Å². The second-order valence-electron chi connectivity index (χ2n) is 4.76. The Hall–Kier alpha value is -2.06. The van der Waals surface area contributed by atoms with Crippen molar-refractivity contribution < 1.29 is 9.53 Å². The van der Waals surface area contributed by atoms with Gasteiger partial charge in [0.15, 0.2) is 0 Å². The van der Waals surface area contributed by atoms with Crippen LogP contribution in [-0.2, 0) is 4.74 Å². The molecule has 0 aromatic heterocycles. The van der Waals surface area contributed by atoms with Gasteiger partial charge in [0, 0.05) is 11.7 Å². The van der Waals surface area contributed by atoms with E-state index in [-0.39, 0.29) is 12.1 Å². The summed E-state index contributed by atoms with van der Waals surface area (Å²) in [4.78, 5) is 11.7. The van der Waals surface area contributed by atoms with Crippen molar-refractivity contribution in [3.63, 3.8) is 0 Å². The average molecular weight is 259 g/mol. The fraction of sp³-hybridized carbons (Fsp3) is 0.429. The van der Waals surface area contributed by atoms with E-state index in [9.17, 15) is 4.79 Å². The molecular formula is C14H17N3O2. The first-order valence-corrected chi connectivity index (χ1v) is 6.41. The number of benzene rings is 1. The third-order valence-corrected chi connectivity index (χ3v) is 3.23. The number of ether oxygens (including phenoxy) is 1. The molecule has 1 amide bonds. The molecule has 0 aliphatic heterocycles. The van der Waals surface area contributed by atoms with Crippen molar-refractivity contribution in [2.75, 3.05) is 5.32 Å². The molecule has 0 atom stereocenters. The van der Waals surface area contributed by atoms with Crippen LogP contribution >= 0.6 is 0 Å². The normalized spacial score (nSPS) is 22.3. The lowest BCUT2D eigenvalue weighted by Crippen LogP contribution is -2.32. The highest BCUT2D eigenvalue weighted by atomic mass is 16.6. The van der Waals surface area contributed by atoms with Gasteiger partial charge in [0.1, 0.15) is 6.10 Å². The molecule has 5 heteroatoms. The maximum atomic E-state index is 11.7. The second kappa shape index (κ2) is 6.21. The van der Waals surface area contributed by atoms with Gasteiger partial charge in [-0.3, -0.25) is 5.32 Å². The van der Waals surface area contributed by atoms with Crippen molar-refractivity contribution in [1.29, 1.82) is 5.26 Å². The summed E-state index contributed by atoms with van der Waals surface area (Å²) >= 11 is 0. The van der Waals surface area contributed by atoms with Crippen molar-refractivity contribution in [3.8, 4) is 6.07 Å². The Kier molecular flexibility index (Phi) is 4.37. The van der Waals surface area contributed by atoms with Crippen LogP contribution in [0.4, 0.5) is 10.5 Å². The number of nitriles is 1. The van der Waals surface area contributed by atoms with Crippen LogP contribution in [0.5, 0.6) is 0 Å². The van der Waals surface area contributed by atoms with Crippen LogP contribution in [0.25, 0.3) is 0 Å². The molecule has 100 valence electrons. The first-order valence-electron chi connectivity index (χ1n) is 6.41. The first kappa shape index (κ1) is 13.4. The van der Waals surface area contributed by atoms with Gasteiger partial charge in [0.05, 0.1) is 11.6 Å². The smallest absolute Gasteiger partial charge is 0.411 e. The fourth-order valence-electron chi connectivity index (χ4n) is 2.17. The van der Waals surface area contributed by atoms with Crippen molar-refractivity contribution in [2.24, 2.45) is 5.73 Å². The van der Waals surface area contributed by atoms with Crippen LogP contribution < -0.4 is 11.1 Å². The Morgan fingerprint density at radius 3 is 2.79 bits per heavy atom. The van der Waals surface area contributed by atoms with Crippen LogP contribution in [0.1, 0.15) is 31.2 Å². The van der Waals surface area contributed by atoms with Crippen LogP contribution in [-0.4, -0.2) is 18.2 Å². The van der Waals surface area contributed by atoms with Crippen LogP contribution in [0.15, 0.2) is 24.3 Å². The van der Waals surface area contributed by atoms with E-state index < -0.39 is 6.09 Å². The zero-order chi connectivity index (χ0) is 13.7. The molecule has 3 N–H and O–H groups in total. The van der Waals surface area contributed by atoms with Crippen molar-refractivity contribution in [2.45, 2.75) is 37.8 Å². The van der Waals surface area contributed by atoms with Gasteiger partial charge in [-0.25, -0.2) is 4.79 Å². The summed E-state index contributed by atoms with van der Waals surface area (Å²) < 4.78 is 5.33.